The van der Waals surface area contributed by atoms with Crippen molar-refractivity contribution in [3.63, 3.8) is 0 Å². The van der Waals surface area contributed by atoms with E-state index in [1.54, 1.807) is 4.90 Å². The van der Waals surface area contributed by atoms with E-state index < -0.39 is 10.0 Å². The van der Waals surface area contributed by atoms with Gasteiger partial charge >= 0.3 is 0 Å². The zero-order chi connectivity index (χ0) is 21.8. The van der Waals surface area contributed by atoms with Crippen LogP contribution >= 0.6 is 0 Å². The number of sulfonamides is 1. The fourth-order valence-corrected chi connectivity index (χ4v) is 4.94. The molecule has 3 aromatic carbocycles. The zero-order valence-corrected chi connectivity index (χ0v) is 17.6. The minimum absolute atomic E-state index is 0.0965. The summed E-state index contributed by atoms with van der Waals surface area (Å²) in [6.07, 6.45) is 0. The summed E-state index contributed by atoms with van der Waals surface area (Å²) in [5.41, 5.74) is 0.403. The molecule has 1 saturated heterocycles. The summed E-state index contributed by atoms with van der Waals surface area (Å²) in [4.78, 5) is 14.3. The van der Waals surface area contributed by atoms with Crippen molar-refractivity contribution in [2.75, 3.05) is 32.8 Å². The molecule has 0 saturated carbocycles. The summed E-state index contributed by atoms with van der Waals surface area (Å²) >= 11 is 0. The molecule has 0 atom stereocenters. The summed E-state index contributed by atoms with van der Waals surface area (Å²) < 4.78 is 32.6. The van der Waals surface area contributed by atoms with Gasteiger partial charge in [-0.1, -0.05) is 30.3 Å². The van der Waals surface area contributed by atoms with Crippen LogP contribution in [0.4, 0.5) is 0 Å². The number of hydrogen-bond acceptors (Lipinski definition) is 5. The number of nitriles is 1. The van der Waals surface area contributed by atoms with Crippen LogP contribution in [0.2, 0.25) is 0 Å². The molecule has 0 aromatic heterocycles. The van der Waals surface area contributed by atoms with Crippen molar-refractivity contribution < 1.29 is 17.9 Å². The molecule has 0 aliphatic carbocycles. The number of hydrogen-bond donors (Lipinski definition) is 0. The highest BCUT2D eigenvalue weighted by Crippen LogP contribution is 2.21. The molecule has 1 amide bonds. The van der Waals surface area contributed by atoms with E-state index in [1.807, 2.05) is 48.5 Å². The highest BCUT2D eigenvalue weighted by Gasteiger charge is 2.30. The third kappa shape index (κ3) is 4.53. The van der Waals surface area contributed by atoms with Crippen LogP contribution in [0.5, 0.6) is 5.75 Å². The van der Waals surface area contributed by atoms with Crippen LogP contribution < -0.4 is 4.74 Å². The molecule has 158 valence electrons. The van der Waals surface area contributed by atoms with E-state index in [1.165, 1.54) is 28.6 Å². The summed E-state index contributed by atoms with van der Waals surface area (Å²) in [7, 11) is -3.66. The number of nitrogens with zero attached hydrogens (tertiary/aromatic N) is 3. The molecule has 8 heteroatoms. The molecule has 0 radical (unpaired) electrons. The summed E-state index contributed by atoms with van der Waals surface area (Å²) in [5, 5.41) is 11.0. The van der Waals surface area contributed by atoms with Crippen molar-refractivity contribution in [1.29, 1.82) is 5.26 Å². The molecule has 0 unspecified atom stereocenters. The Bertz CT molecular complexity index is 1240. The van der Waals surface area contributed by atoms with Crippen molar-refractivity contribution in [3.8, 4) is 11.8 Å². The molecule has 31 heavy (non-hydrogen) atoms. The van der Waals surface area contributed by atoms with Gasteiger partial charge in [0, 0.05) is 26.2 Å². The average Bonchev–Trinajstić information content (AvgIpc) is 2.82. The van der Waals surface area contributed by atoms with E-state index >= 15 is 0 Å². The number of fused-ring (bicyclic) bond motifs is 1. The number of piperazine rings is 1. The van der Waals surface area contributed by atoms with E-state index in [2.05, 4.69) is 0 Å². The number of carbonyl (C=O) groups excluding carboxylic acids is 1. The van der Waals surface area contributed by atoms with Crippen LogP contribution in [0.1, 0.15) is 5.56 Å². The predicted molar refractivity (Wildman–Crippen MR) is 116 cm³/mol. The average molecular weight is 436 g/mol. The molecule has 3 aromatic rings. The Morgan fingerprint density at radius 2 is 1.61 bits per heavy atom. The standard InChI is InChI=1S/C23H21N3O4S/c24-16-18-5-9-22(10-6-18)31(28,29)26-13-11-25(12-14-26)23(27)17-30-21-8-7-19-3-1-2-4-20(19)15-21/h1-10,15H,11-14,17H2. The van der Waals surface area contributed by atoms with Gasteiger partial charge in [0.05, 0.1) is 16.5 Å². The van der Waals surface area contributed by atoms with Gasteiger partial charge in [0.2, 0.25) is 10.0 Å². The van der Waals surface area contributed by atoms with E-state index in [-0.39, 0.29) is 30.5 Å². The lowest BCUT2D eigenvalue weighted by Crippen LogP contribution is -2.51. The molecule has 1 aliphatic heterocycles. The van der Waals surface area contributed by atoms with Crippen LogP contribution in [0.3, 0.4) is 0 Å². The molecule has 7 nitrogen and oxygen atoms in total. The molecule has 0 N–H and O–H groups in total. The molecule has 0 bridgehead atoms. The van der Waals surface area contributed by atoms with Gasteiger partial charge in [-0.05, 0) is 47.2 Å². The zero-order valence-electron chi connectivity index (χ0n) is 16.8. The third-order valence-corrected chi connectivity index (χ3v) is 7.21. The fourth-order valence-electron chi connectivity index (χ4n) is 3.52. The highest BCUT2D eigenvalue weighted by molar-refractivity contribution is 7.89. The number of ether oxygens (including phenoxy) is 1. The fraction of sp³-hybridized carbons (Fsp3) is 0.217. The van der Waals surface area contributed by atoms with Crippen LogP contribution in [0.15, 0.2) is 71.6 Å². The van der Waals surface area contributed by atoms with E-state index in [0.717, 1.165) is 10.8 Å². The first-order valence-electron chi connectivity index (χ1n) is 9.87. The Hall–Kier alpha value is -3.41. The van der Waals surface area contributed by atoms with Crippen molar-refractivity contribution >= 4 is 26.7 Å². The lowest BCUT2D eigenvalue weighted by Gasteiger charge is -2.34. The first kappa shape index (κ1) is 20.8. The van der Waals surface area contributed by atoms with E-state index in [9.17, 15) is 13.2 Å². The predicted octanol–water partition coefficient (Wildman–Crippen LogP) is 2.62. The SMILES string of the molecule is N#Cc1ccc(S(=O)(=O)N2CCN(C(=O)COc3ccc4ccccc4c3)CC2)cc1. The minimum atomic E-state index is -3.66. The minimum Gasteiger partial charge on any atom is -0.484 e. The van der Waals surface area contributed by atoms with E-state index in [0.29, 0.717) is 24.4 Å². The summed E-state index contributed by atoms with van der Waals surface area (Å²) in [6, 6.07) is 21.4. The summed E-state index contributed by atoms with van der Waals surface area (Å²) in [6.45, 7) is 0.930. The quantitative estimate of drug-likeness (QED) is 0.615. The van der Waals surface area contributed by atoms with Crippen molar-refractivity contribution in [2.24, 2.45) is 0 Å². The molecule has 0 spiro atoms. The van der Waals surface area contributed by atoms with Crippen LogP contribution in [0, 0.1) is 11.3 Å². The molecule has 1 fully saturated rings. The number of rotatable bonds is 5. The van der Waals surface area contributed by atoms with Crippen LogP contribution in [-0.2, 0) is 14.8 Å². The Morgan fingerprint density at radius 3 is 2.29 bits per heavy atom. The van der Waals surface area contributed by atoms with Crippen molar-refractivity contribution in [1.82, 2.24) is 9.21 Å². The maximum Gasteiger partial charge on any atom is 0.260 e. The van der Waals surface area contributed by atoms with Crippen LogP contribution in [0.25, 0.3) is 10.8 Å². The second-order valence-corrected chi connectivity index (χ2v) is 9.16. The maximum absolute atomic E-state index is 12.8. The van der Waals surface area contributed by atoms with Crippen molar-refractivity contribution in [3.05, 3.63) is 72.3 Å². The molecule has 1 aliphatic rings. The molecule has 1 heterocycles. The van der Waals surface area contributed by atoms with Gasteiger partial charge < -0.3 is 9.64 Å². The first-order valence-corrected chi connectivity index (χ1v) is 11.3. The Morgan fingerprint density at radius 1 is 0.935 bits per heavy atom. The lowest BCUT2D eigenvalue weighted by atomic mass is 10.1. The van der Waals surface area contributed by atoms with Gasteiger partial charge in [-0.15, -0.1) is 0 Å². The van der Waals surface area contributed by atoms with E-state index in [4.69, 9.17) is 10.00 Å². The molecular weight excluding hydrogens is 414 g/mol. The Kier molecular flexibility index (Phi) is 5.89. The normalized spacial score (nSPS) is 14.9. The van der Waals surface area contributed by atoms with Gasteiger partial charge in [-0.3, -0.25) is 4.79 Å². The number of benzene rings is 3. The topological polar surface area (TPSA) is 90.7 Å². The second-order valence-electron chi connectivity index (χ2n) is 7.22. The van der Waals surface area contributed by atoms with Gasteiger partial charge in [-0.2, -0.15) is 9.57 Å². The number of amides is 1. The Balaban J connectivity index is 1.33. The summed E-state index contributed by atoms with van der Waals surface area (Å²) in [5.74, 6) is 0.442. The van der Waals surface area contributed by atoms with Gasteiger partial charge in [0.1, 0.15) is 5.75 Å². The largest absolute Gasteiger partial charge is 0.484 e. The van der Waals surface area contributed by atoms with Crippen LogP contribution in [-0.4, -0.2) is 56.3 Å². The van der Waals surface area contributed by atoms with Crippen molar-refractivity contribution in [2.45, 2.75) is 4.90 Å². The highest BCUT2D eigenvalue weighted by atomic mass is 32.2. The van der Waals surface area contributed by atoms with Gasteiger partial charge in [-0.25, -0.2) is 8.42 Å². The lowest BCUT2D eigenvalue weighted by molar-refractivity contribution is -0.134. The Labute approximate surface area is 181 Å². The van der Waals surface area contributed by atoms with Gasteiger partial charge in [0.25, 0.3) is 5.91 Å². The maximum atomic E-state index is 12.8. The second kappa shape index (κ2) is 8.76. The smallest absolute Gasteiger partial charge is 0.260 e. The first-order chi connectivity index (χ1) is 15.0. The third-order valence-electron chi connectivity index (χ3n) is 5.30. The number of carbonyl (C=O) groups is 1. The molecular formula is C23H21N3O4S. The van der Waals surface area contributed by atoms with Gasteiger partial charge in [0.15, 0.2) is 6.61 Å². The molecule has 4 rings (SSSR count). The monoisotopic (exact) mass is 435 g/mol.